The van der Waals surface area contributed by atoms with Gasteiger partial charge >= 0.3 is 6.03 Å². The van der Waals surface area contributed by atoms with Crippen molar-refractivity contribution in [2.45, 2.75) is 46.1 Å². The molecule has 0 aliphatic carbocycles. The highest BCUT2D eigenvalue weighted by Crippen LogP contribution is 2.24. The second-order valence-corrected chi connectivity index (χ2v) is 5.58. The lowest BCUT2D eigenvalue weighted by atomic mass is 9.87. The SMILES string of the molecule is CC(C)NC(=O)Nc1cccc(C(C)(C)C)c1. The van der Waals surface area contributed by atoms with Crippen LogP contribution in [0.1, 0.15) is 40.2 Å². The van der Waals surface area contributed by atoms with Crippen molar-refractivity contribution < 1.29 is 4.79 Å². The zero-order chi connectivity index (χ0) is 13.1. The Morgan fingerprint density at radius 1 is 1.24 bits per heavy atom. The molecule has 3 heteroatoms. The van der Waals surface area contributed by atoms with E-state index in [2.05, 4.69) is 37.5 Å². The van der Waals surface area contributed by atoms with Crippen LogP contribution in [0.15, 0.2) is 24.3 Å². The quantitative estimate of drug-likeness (QED) is 0.807. The molecule has 1 rings (SSSR count). The molecule has 0 aliphatic heterocycles. The summed E-state index contributed by atoms with van der Waals surface area (Å²) in [6.07, 6.45) is 0. The summed E-state index contributed by atoms with van der Waals surface area (Å²) in [5, 5.41) is 5.64. The summed E-state index contributed by atoms with van der Waals surface area (Å²) in [6.45, 7) is 10.3. The third-order valence-corrected chi connectivity index (χ3v) is 2.41. The second-order valence-electron chi connectivity index (χ2n) is 5.58. The Morgan fingerprint density at radius 3 is 2.41 bits per heavy atom. The highest BCUT2D eigenvalue weighted by atomic mass is 16.2. The first kappa shape index (κ1) is 13.6. The third kappa shape index (κ3) is 4.47. The van der Waals surface area contributed by atoms with Crippen molar-refractivity contribution in [3.05, 3.63) is 29.8 Å². The van der Waals surface area contributed by atoms with Crippen molar-refractivity contribution in [2.24, 2.45) is 0 Å². The number of hydrogen-bond acceptors (Lipinski definition) is 1. The number of carbonyl (C=O) groups excluding carboxylic acids is 1. The Balaban J connectivity index is 2.76. The van der Waals surface area contributed by atoms with Gasteiger partial charge in [0.1, 0.15) is 0 Å². The molecule has 0 spiro atoms. The average Bonchev–Trinajstić information content (AvgIpc) is 2.15. The molecular formula is C14H22N2O. The van der Waals surface area contributed by atoms with Gasteiger partial charge in [0.15, 0.2) is 0 Å². The smallest absolute Gasteiger partial charge is 0.319 e. The number of rotatable bonds is 2. The third-order valence-electron chi connectivity index (χ3n) is 2.41. The van der Waals surface area contributed by atoms with E-state index in [4.69, 9.17) is 0 Å². The van der Waals surface area contributed by atoms with Gasteiger partial charge in [-0.2, -0.15) is 0 Å². The van der Waals surface area contributed by atoms with Gasteiger partial charge in [-0.3, -0.25) is 0 Å². The van der Waals surface area contributed by atoms with E-state index in [1.165, 1.54) is 5.56 Å². The molecule has 2 amide bonds. The fraction of sp³-hybridized carbons (Fsp3) is 0.500. The van der Waals surface area contributed by atoms with Crippen molar-refractivity contribution in [1.29, 1.82) is 0 Å². The van der Waals surface area contributed by atoms with Crippen LogP contribution in [0.25, 0.3) is 0 Å². The maximum atomic E-state index is 11.6. The van der Waals surface area contributed by atoms with Crippen LogP contribution < -0.4 is 10.6 Å². The number of nitrogens with one attached hydrogen (secondary N) is 2. The summed E-state index contributed by atoms with van der Waals surface area (Å²) in [4.78, 5) is 11.6. The Kier molecular flexibility index (Phi) is 4.16. The highest BCUT2D eigenvalue weighted by Gasteiger charge is 2.14. The minimum Gasteiger partial charge on any atom is -0.336 e. The zero-order valence-corrected chi connectivity index (χ0v) is 11.3. The van der Waals surface area contributed by atoms with Crippen LogP contribution in [0.2, 0.25) is 0 Å². The van der Waals surface area contributed by atoms with Crippen molar-refractivity contribution in [3.63, 3.8) is 0 Å². The minimum absolute atomic E-state index is 0.0895. The summed E-state index contributed by atoms with van der Waals surface area (Å²) >= 11 is 0. The van der Waals surface area contributed by atoms with Gasteiger partial charge in [0.25, 0.3) is 0 Å². The Morgan fingerprint density at radius 2 is 1.88 bits per heavy atom. The summed E-state index contributed by atoms with van der Waals surface area (Å²) in [6, 6.07) is 7.93. The van der Waals surface area contributed by atoms with E-state index in [0.29, 0.717) is 0 Å². The van der Waals surface area contributed by atoms with Crippen molar-refractivity contribution in [3.8, 4) is 0 Å². The Hall–Kier alpha value is -1.51. The second kappa shape index (κ2) is 5.21. The molecule has 0 saturated heterocycles. The standard InChI is InChI=1S/C14H22N2O/c1-10(2)15-13(17)16-12-8-6-7-11(9-12)14(3,4)5/h6-10H,1-5H3,(H2,15,16,17). The monoisotopic (exact) mass is 234 g/mol. The molecule has 0 bridgehead atoms. The molecule has 0 aliphatic rings. The van der Waals surface area contributed by atoms with Crippen molar-refractivity contribution in [1.82, 2.24) is 5.32 Å². The molecule has 2 N–H and O–H groups in total. The van der Waals surface area contributed by atoms with Gasteiger partial charge in [-0.1, -0.05) is 32.9 Å². The average molecular weight is 234 g/mol. The molecular weight excluding hydrogens is 212 g/mol. The summed E-state index contributed by atoms with van der Waals surface area (Å²) in [7, 11) is 0. The topological polar surface area (TPSA) is 41.1 Å². The molecule has 0 unspecified atom stereocenters. The van der Waals surface area contributed by atoms with Gasteiger partial charge in [0, 0.05) is 11.7 Å². The summed E-state index contributed by atoms with van der Waals surface area (Å²) < 4.78 is 0. The van der Waals surface area contributed by atoms with Gasteiger partial charge in [-0.05, 0) is 37.0 Å². The van der Waals surface area contributed by atoms with Crippen molar-refractivity contribution >= 4 is 11.7 Å². The van der Waals surface area contributed by atoms with E-state index in [-0.39, 0.29) is 17.5 Å². The van der Waals surface area contributed by atoms with E-state index in [1.807, 2.05) is 32.0 Å². The molecule has 1 aromatic rings. The first-order chi connectivity index (χ1) is 7.79. The summed E-state index contributed by atoms with van der Waals surface area (Å²) in [5.74, 6) is 0. The Labute approximate surface area is 104 Å². The Bertz CT molecular complexity index is 391. The first-order valence-electron chi connectivity index (χ1n) is 5.97. The van der Waals surface area contributed by atoms with Crippen LogP contribution in [0.3, 0.4) is 0 Å². The number of benzene rings is 1. The number of amides is 2. The lowest BCUT2D eigenvalue weighted by Crippen LogP contribution is -2.34. The molecule has 0 fully saturated rings. The van der Waals surface area contributed by atoms with Crippen LogP contribution in [0.4, 0.5) is 10.5 Å². The van der Waals surface area contributed by atoms with Crippen LogP contribution in [-0.2, 0) is 5.41 Å². The number of urea groups is 1. The lowest BCUT2D eigenvalue weighted by molar-refractivity contribution is 0.250. The maximum absolute atomic E-state index is 11.6. The fourth-order valence-electron chi connectivity index (χ4n) is 1.49. The van der Waals surface area contributed by atoms with Gasteiger partial charge in [-0.25, -0.2) is 4.79 Å². The number of hydrogen-bond donors (Lipinski definition) is 2. The van der Waals surface area contributed by atoms with Gasteiger partial charge in [-0.15, -0.1) is 0 Å². The maximum Gasteiger partial charge on any atom is 0.319 e. The molecule has 0 atom stereocenters. The van der Waals surface area contributed by atoms with Crippen LogP contribution in [-0.4, -0.2) is 12.1 Å². The first-order valence-corrected chi connectivity index (χ1v) is 5.97. The van der Waals surface area contributed by atoms with E-state index in [1.54, 1.807) is 0 Å². The van der Waals surface area contributed by atoms with Gasteiger partial charge < -0.3 is 10.6 Å². The predicted molar refractivity (Wildman–Crippen MR) is 72.4 cm³/mol. The van der Waals surface area contributed by atoms with Gasteiger partial charge in [0.2, 0.25) is 0 Å². The zero-order valence-electron chi connectivity index (χ0n) is 11.3. The normalized spacial score (nSPS) is 11.4. The van der Waals surface area contributed by atoms with E-state index in [0.717, 1.165) is 5.69 Å². The largest absolute Gasteiger partial charge is 0.336 e. The minimum atomic E-state index is -0.161. The molecule has 0 radical (unpaired) electrons. The lowest BCUT2D eigenvalue weighted by Gasteiger charge is -2.20. The molecule has 1 aromatic carbocycles. The van der Waals surface area contributed by atoms with Crippen LogP contribution >= 0.6 is 0 Å². The molecule has 0 aromatic heterocycles. The van der Waals surface area contributed by atoms with Crippen LogP contribution in [0.5, 0.6) is 0 Å². The van der Waals surface area contributed by atoms with Crippen molar-refractivity contribution in [2.75, 3.05) is 5.32 Å². The number of anilines is 1. The van der Waals surface area contributed by atoms with E-state index >= 15 is 0 Å². The molecule has 0 saturated carbocycles. The summed E-state index contributed by atoms with van der Waals surface area (Å²) in [5.41, 5.74) is 2.13. The molecule has 17 heavy (non-hydrogen) atoms. The van der Waals surface area contributed by atoms with Gasteiger partial charge in [0.05, 0.1) is 0 Å². The fourth-order valence-corrected chi connectivity index (χ4v) is 1.49. The molecule has 3 nitrogen and oxygen atoms in total. The molecule has 94 valence electrons. The van der Waals surface area contributed by atoms with Crippen LogP contribution in [0, 0.1) is 0 Å². The van der Waals surface area contributed by atoms with E-state index < -0.39 is 0 Å². The number of carbonyl (C=O) groups is 1. The molecule has 0 heterocycles. The highest BCUT2D eigenvalue weighted by molar-refractivity contribution is 5.89. The van der Waals surface area contributed by atoms with E-state index in [9.17, 15) is 4.79 Å². The predicted octanol–water partition coefficient (Wildman–Crippen LogP) is 3.51.